The molecule has 35 heavy (non-hydrogen) atoms. The van der Waals surface area contributed by atoms with Crippen LogP contribution in [0.15, 0.2) is 36.4 Å². The maximum Gasteiger partial charge on any atom is 0.416 e. The number of halogens is 4. The summed E-state index contributed by atoms with van der Waals surface area (Å²) in [6.45, 7) is 5.41. The van der Waals surface area contributed by atoms with E-state index in [4.69, 9.17) is 9.47 Å². The van der Waals surface area contributed by atoms with Crippen molar-refractivity contribution >= 4 is 11.8 Å². The normalized spacial score (nSPS) is 24.8. The Bertz CT molecular complexity index is 1090. The minimum Gasteiger partial charge on any atom is -0.492 e. The first kappa shape index (κ1) is 25.2. The zero-order valence-electron chi connectivity index (χ0n) is 19.7. The number of ether oxygens (including phenoxy) is 2. The van der Waals surface area contributed by atoms with E-state index in [2.05, 4.69) is 5.32 Å². The topological polar surface area (TPSA) is 71.0 Å². The summed E-state index contributed by atoms with van der Waals surface area (Å²) < 4.78 is 64.7. The van der Waals surface area contributed by atoms with E-state index in [9.17, 15) is 27.5 Å². The molecule has 2 N–H and O–H groups in total. The fraction of sp³-hybridized carbons (Fsp3) is 0.480. The molecule has 3 atom stereocenters. The molecule has 0 spiro atoms. The minimum absolute atomic E-state index is 0.0715. The van der Waals surface area contributed by atoms with E-state index in [0.717, 1.165) is 12.1 Å². The predicted octanol–water partition coefficient (Wildman–Crippen LogP) is 5.12. The monoisotopic (exact) mass is 496 g/mol. The first-order chi connectivity index (χ1) is 16.4. The Morgan fingerprint density at radius 1 is 1.23 bits per heavy atom. The van der Waals surface area contributed by atoms with Crippen LogP contribution in [0.3, 0.4) is 0 Å². The molecule has 2 aromatic carbocycles. The zero-order chi connectivity index (χ0) is 25.5. The largest absolute Gasteiger partial charge is 0.492 e. The van der Waals surface area contributed by atoms with Crippen molar-refractivity contribution in [2.24, 2.45) is 0 Å². The van der Waals surface area contributed by atoms with Crippen molar-refractivity contribution in [3.8, 4) is 5.75 Å². The second kappa shape index (κ2) is 9.31. The van der Waals surface area contributed by atoms with Gasteiger partial charge < -0.3 is 19.9 Å². The van der Waals surface area contributed by atoms with Crippen molar-refractivity contribution < 1.29 is 36.9 Å². The summed E-state index contributed by atoms with van der Waals surface area (Å²) in [5, 5.41) is 14.6. The Kier molecular flexibility index (Phi) is 6.72. The van der Waals surface area contributed by atoms with E-state index >= 15 is 0 Å². The van der Waals surface area contributed by atoms with Gasteiger partial charge in [-0.1, -0.05) is 12.1 Å². The van der Waals surface area contributed by atoms with E-state index in [1.54, 1.807) is 19.9 Å². The highest BCUT2D eigenvalue weighted by Crippen LogP contribution is 2.38. The number of piperidine rings is 1. The lowest BCUT2D eigenvalue weighted by atomic mass is 9.79. The molecular weight excluding hydrogens is 468 g/mol. The Balaban J connectivity index is 1.48. The van der Waals surface area contributed by atoms with Gasteiger partial charge in [-0.25, -0.2) is 9.18 Å². The van der Waals surface area contributed by atoms with Crippen LogP contribution >= 0.6 is 0 Å². The van der Waals surface area contributed by atoms with Crippen LogP contribution < -0.4 is 15.0 Å². The van der Waals surface area contributed by atoms with Gasteiger partial charge in [-0.05, 0) is 57.4 Å². The number of alkyl halides is 3. The molecule has 2 aliphatic heterocycles. The van der Waals surface area contributed by atoms with Gasteiger partial charge in [0.2, 0.25) is 0 Å². The quantitative estimate of drug-likeness (QED) is 0.563. The van der Waals surface area contributed by atoms with E-state index in [-0.39, 0.29) is 49.2 Å². The SMILES string of the molecule is CC(C)N1C(=O)OCc2cc(OC[C@@H]3C[C@](O)(c4ccc(C(F)(F)F)cc4)C[C@H](C)N3)cc(F)c21. The van der Waals surface area contributed by atoms with Gasteiger partial charge in [-0.2, -0.15) is 13.2 Å². The Morgan fingerprint density at radius 2 is 1.91 bits per heavy atom. The van der Waals surface area contributed by atoms with Gasteiger partial charge in [-0.3, -0.25) is 4.90 Å². The number of benzene rings is 2. The van der Waals surface area contributed by atoms with Gasteiger partial charge in [0, 0.05) is 29.8 Å². The molecule has 0 saturated carbocycles. The third-order valence-electron chi connectivity index (χ3n) is 6.37. The summed E-state index contributed by atoms with van der Waals surface area (Å²) >= 11 is 0. The second-order valence-electron chi connectivity index (χ2n) is 9.52. The molecule has 190 valence electrons. The van der Waals surface area contributed by atoms with Gasteiger partial charge in [0.15, 0.2) is 5.82 Å². The molecule has 1 fully saturated rings. The molecule has 6 nitrogen and oxygen atoms in total. The highest BCUT2D eigenvalue weighted by atomic mass is 19.4. The zero-order valence-corrected chi connectivity index (χ0v) is 19.7. The van der Waals surface area contributed by atoms with E-state index in [1.807, 2.05) is 6.92 Å². The van der Waals surface area contributed by atoms with Crippen molar-refractivity contribution in [2.75, 3.05) is 11.5 Å². The molecule has 0 aromatic heterocycles. The Morgan fingerprint density at radius 3 is 2.54 bits per heavy atom. The summed E-state index contributed by atoms with van der Waals surface area (Å²) in [6.07, 6.45) is -4.54. The maximum absolute atomic E-state index is 14.9. The number of hydrogen-bond donors (Lipinski definition) is 2. The van der Waals surface area contributed by atoms with Crippen molar-refractivity contribution in [1.29, 1.82) is 0 Å². The van der Waals surface area contributed by atoms with Gasteiger partial charge in [0.25, 0.3) is 0 Å². The molecule has 10 heteroatoms. The third kappa shape index (κ3) is 5.23. The van der Waals surface area contributed by atoms with Crippen LogP contribution in [0, 0.1) is 5.82 Å². The number of rotatable bonds is 5. The van der Waals surface area contributed by atoms with Crippen LogP contribution in [-0.4, -0.2) is 35.9 Å². The third-order valence-corrected chi connectivity index (χ3v) is 6.37. The second-order valence-corrected chi connectivity index (χ2v) is 9.52. The number of aliphatic hydroxyl groups is 1. The van der Waals surface area contributed by atoms with Crippen LogP contribution in [0.5, 0.6) is 5.75 Å². The van der Waals surface area contributed by atoms with Gasteiger partial charge in [0.05, 0.1) is 16.9 Å². The average Bonchev–Trinajstić information content (AvgIpc) is 2.77. The number of carbonyl (C=O) groups is 1. The van der Waals surface area contributed by atoms with E-state index in [0.29, 0.717) is 17.5 Å². The number of nitrogens with zero attached hydrogens (tertiary/aromatic N) is 1. The molecule has 2 aromatic rings. The lowest BCUT2D eigenvalue weighted by Crippen LogP contribution is -2.53. The molecule has 0 bridgehead atoms. The standard InChI is InChI=1S/C25H28F4N2O4/c1-14(2)31-22-16(12-35-23(31)32)8-20(9-21(22)26)34-13-19-11-24(33,10-15(3)30-19)17-4-6-18(7-5-17)25(27,28)29/h4-9,14-15,19,30,33H,10-13H2,1-3H3/t15-,19-,24-/m0/s1. The van der Waals surface area contributed by atoms with Gasteiger partial charge in [0.1, 0.15) is 19.0 Å². The van der Waals surface area contributed by atoms with Gasteiger partial charge in [-0.15, -0.1) is 0 Å². The van der Waals surface area contributed by atoms with Crippen LogP contribution in [0.1, 0.15) is 50.3 Å². The van der Waals surface area contributed by atoms with Crippen molar-refractivity contribution in [2.45, 2.75) is 70.1 Å². The number of nitrogens with one attached hydrogen (secondary N) is 1. The molecule has 0 aliphatic carbocycles. The molecule has 4 rings (SSSR count). The maximum atomic E-state index is 14.9. The molecule has 0 radical (unpaired) electrons. The molecule has 0 unspecified atom stereocenters. The van der Waals surface area contributed by atoms with Crippen LogP contribution in [0.25, 0.3) is 0 Å². The highest BCUT2D eigenvalue weighted by molar-refractivity contribution is 5.91. The summed E-state index contributed by atoms with van der Waals surface area (Å²) in [6, 6.07) is 6.61. The lowest BCUT2D eigenvalue weighted by molar-refractivity contribution is -0.137. The summed E-state index contributed by atoms with van der Waals surface area (Å²) in [7, 11) is 0. The number of amides is 1. The first-order valence-electron chi connectivity index (χ1n) is 11.4. The molecule has 1 amide bonds. The predicted molar refractivity (Wildman–Crippen MR) is 121 cm³/mol. The fourth-order valence-corrected chi connectivity index (χ4v) is 4.89. The number of cyclic esters (lactones) is 1. The Labute approximate surface area is 200 Å². The van der Waals surface area contributed by atoms with Crippen LogP contribution in [0.2, 0.25) is 0 Å². The molecular formula is C25H28F4N2O4. The number of hydrogen-bond acceptors (Lipinski definition) is 5. The molecule has 2 aliphatic rings. The summed E-state index contributed by atoms with van der Waals surface area (Å²) in [4.78, 5) is 13.3. The minimum atomic E-state index is -4.45. The smallest absolute Gasteiger partial charge is 0.416 e. The highest BCUT2D eigenvalue weighted by Gasteiger charge is 2.40. The summed E-state index contributed by atoms with van der Waals surface area (Å²) in [5.41, 5.74) is -1.05. The van der Waals surface area contributed by atoms with Crippen molar-refractivity contribution in [1.82, 2.24) is 5.32 Å². The fourth-order valence-electron chi connectivity index (χ4n) is 4.89. The van der Waals surface area contributed by atoms with E-state index < -0.39 is 29.3 Å². The van der Waals surface area contributed by atoms with Crippen LogP contribution in [0.4, 0.5) is 28.0 Å². The van der Waals surface area contributed by atoms with E-state index in [1.165, 1.54) is 23.1 Å². The van der Waals surface area contributed by atoms with Gasteiger partial charge >= 0.3 is 12.3 Å². The van der Waals surface area contributed by atoms with Crippen molar-refractivity contribution in [3.63, 3.8) is 0 Å². The number of fused-ring (bicyclic) bond motifs is 1. The summed E-state index contributed by atoms with van der Waals surface area (Å²) in [5.74, 6) is -0.352. The Hall–Kier alpha value is -2.85. The lowest BCUT2D eigenvalue weighted by Gasteiger charge is -2.41. The molecule has 1 saturated heterocycles. The number of anilines is 1. The van der Waals surface area contributed by atoms with Crippen LogP contribution in [-0.2, 0) is 23.1 Å². The number of carbonyl (C=O) groups excluding carboxylic acids is 1. The average molecular weight is 497 g/mol. The van der Waals surface area contributed by atoms with Crippen molar-refractivity contribution in [3.05, 3.63) is 58.9 Å². The molecule has 2 heterocycles. The first-order valence-corrected chi connectivity index (χ1v) is 11.4.